The summed E-state index contributed by atoms with van der Waals surface area (Å²) in [4.78, 5) is 3.91. The molecule has 0 bridgehead atoms. The van der Waals surface area contributed by atoms with Crippen LogP contribution in [0.25, 0.3) is 0 Å². The molecule has 0 saturated heterocycles. The topological polar surface area (TPSA) is 68.3 Å². The zero-order valence-corrected chi connectivity index (χ0v) is 12.9. The molecule has 0 spiro atoms. The van der Waals surface area contributed by atoms with Crippen molar-refractivity contribution in [3.63, 3.8) is 0 Å². The van der Waals surface area contributed by atoms with Gasteiger partial charge in [0.2, 0.25) is 10.0 Å². The van der Waals surface area contributed by atoms with Gasteiger partial charge in [0.25, 0.3) is 0 Å². The van der Waals surface area contributed by atoms with Crippen molar-refractivity contribution in [3.8, 4) is 0 Å². The van der Waals surface area contributed by atoms with Crippen LogP contribution in [0.15, 0.2) is 53.7 Å². The Balaban J connectivity index is 2.13. The zero-order valence-electron chi connectivity index (χ0n) is 11.4. The molecule has 0 unspecified atom stereocenters. The van der Waals surface area contributed by atoms with Gasteiger partial charge in [0.15, 0.2) is 0 Å². The third-order valence-corrected chi connectivity index (χ3v) is 4.69. The molecule has 21 heavy (non-hydrogen) atoms. The van der Waals surface area contributed by atoms with Crippen molar-refractivity contribution in [3.05, 3.63) is 59.4 Å². The summed E-state index contributed by atoms with van der Waals surface area (Å²) in [6.45, 7) is 0.0808. The van der Waals surface area contributed by atoms with Crippen LogP contribution in [0.3, 0.4) is 0 Å². The lowest BCUT2D eigenvalue weighted by Gasteiger charge is -2.17. The Hall–Kier alpha value is -1.47. The van der Waals surface area contributed by atoms with E-state index < -0.39 is 16.1 Å². The summed E-state index contributed by atoms with van der Waals surface area (Å²) in [5, 5.41) is 0.532. The molecule has 1 aromatic heterocycles. The summed E-state index contributed by atoms with van der Waals surface area (Å²) in [6, 6.07) is 10.2. The second kappa shape index (κ2) is 7.00. The number of nitrogens with zero attached hydrogens (tertiary/aromatic N) is 1. The van der Waals surface area contributed by atoms with E-state index in [1.807, 2.05) is 6.07 Å². The number of hydrogen-bond acceptors (Lipinski definition) is 4. The van der Waals surface area contributed by atoms with Gasteiger partial charge in [-0.05, 0) is 18.2 Å². The van der Waals surface area contributed by atoms with E-state index in [0.29, 0.717) is 5.02 Å². The molecule has 1 N–H and O–H groups in total. The van der Waals surface area contributed by atoms with E-state index in [-0.39, 0.29) is 11.4 Å². The van der Waals surface area contributed by atoms with Gasteiger partial charge in [0, 0.05) is 36.6 Å². The number of pyridine rings is 1. The molecule has 2 aromatic rings. The maximum Gasteiger partial charge on any atom is 0.242 e. The number of sulfonamides is 1. The van der Waals surface area contributed by atoms with Gasteiger partial charge in [-0.2, -0.15) is 0 Å². The van der Waals surface area contributed by atoms with Gasteiger partial charge in [-0.3, -0.25) is 4.98 Å². The summed E-state index contributed by atoms with van der Waals surface area (Å²) >= 11 is 6.10. The minimum Gasteiger partial charge on any atom is -0.375 e. The van der Waals surface area contributed by atoms with Gasteiger partial charge >= 0.3 is 0 Å². The lowest BCUT2D eigenvalue weighted by Crippen LogP contribution is -2.29. The lowest BCUT2D eigenvalue weighted by atomic mass is 10.1. The lowest BCUT2D eigenvalue weighted by molar-refractivity contribution is 0.107. The number of benzene rings is 1. The predicted molar refractivity (Wildman–Crippen MR) is 80.6 cm³/mol. The van der Waals surface area contributed by atoms with E-state index in [1.54, 1.807) is 24.3 Å². The first-order chi connectivity index (χ1) is 10.0. The summed E-state index contributed by atoms with van der Waals surface area (Å²) in [6.07, 6.45) is 2.34. The van der Waals surface area contributed by atoms with Crippen molar-refractivity contribution in [2.45, 2.75) is 11.0 Å². The van der Waals surface area contributed by atoms with Crippen LogP contribution in [0.1, 0.15) is 11.7 Å². The highest BCUT2D eigenvalue weighted by atomic mass is 35.5. The fourth-order valence-electron chi connectivity index (χ4n) is 1.83. The van der Waals surface area contributed by atoms with Crippen LogP contribution in [-0.2, 0) is 14.8 Å². The van der Waals surface area contributed by atoms with Crippen molar-refractivity contribution in [2.75, 3.05) is 13.7 Å². The van der Waals surface area contributed by atoms with Crippen LogP contribution in [0, 0.1) is 0 Å². The smallest absolute Gasteiger partial charge is 0.242 e. The van der Waals surface area contributed by atoms with Crippen LogP contribution < -0.4 is 4.72 Å². The van der Waals surface area contributed by atoms with E-state index in [2.05, 4.69) is 9.71 Å². The first kappa shape index (κ1) is 15.9. The van der Waals surface area contributed by atoms with E-state index in [9.17, 15) is 8.42 Å². The highest BCUT2D eigenvalue weighted by Gasteiger charge is 2.19. The maximum atomic E-state index is 12.1. The minimum absolute atomic E-state index is 0.0808. The van der Waals surface area contributed by atoms with Crippen molar-refractivity contribution < 1.29 is 13.2 Å². The molecule has 0 amide bonds. The van der Waals surface area contributed by atoms with Gasteiger partial charge < -0.3 is 4.74 Å². The SMILES string of the molecule is CO[C@@H](CNS(=O)(=O)c1cccnc1)c1ccccc1Cl. The molecular weight excluding hydrogens is 312 g/mol. The quantitative estimate of drug-likeness (QED) is 0.885. The van der Waals surface area contributed by atoms with Crippen LogP contribution in [0.2, 0.25) is 5.02 Å². The fourth-order valence-corrected chi connectivity index (χ4v) is 3.08. The second-order valence-electron chi connectivity index (χ2n) is 4.29. The molecule has 0 aliphatic heterocycles. The largest absolute Gasteiger partial charge is 0.375 e. The first-order valence-electron chi connectivity index (χ1n) is 6.21. The molecule has 112 valence electrons. The van der Waals surface area contributed by atoms with Crippen molar-refractivity contribution in [2.24, 2.45) is 0 Å². The van der Waals surface area contributed by atoms with Crippen LogP contribution in [0.4, 0.5) is 0 Å². The monoisotopic (exact) mass is 326 g/mol. The average Bonchev–Trinajstić information content (AvgIpc) is 2.50. The van der Waals surface area contributed by atoms with Gasteiger partial charge in [-0.15, -0.1) is 0 Å². The molecule has 5 nitrogen and oxygen atoms in total. The Morgan fingerprint density at radius 3 is 2.67 bits per heavy atom. The molecule has 2 rings (SSSR count). The second-order valence-corrected chi connectivity index (χ2v) is 6.46. The van der Waals surface area contributed by atoms with Crippen molar-refractivity contribution in [1.29, 1.82) is 0 Å². The van der Waals surface area contributed by atoms with Gasteiger partial charge in [0.05, 0.1) is 6.10 Å². The van der Waals surface area contributed by atoms with Crippen LogP contribution in [0.5, 0.6) is 0 Å². The summed E-state index contributed by atoms with van der Waals surface area (Å²) in [5.41, 5.74) is 0.732. The molecule has 1 atom stereocenters. The molecule has 7 heteroatoms. The van der Waals surface area contributed by atoms with E-state index >= 15 is 0 Å². The number of rotatable bonds is 6. The third kappa shape index (κ3) is 4.01. The Bertz CT molecular complexity index is 692. The Morgan fingerprint density at radius 2 is 2.05 bits per heavy atom. The normalized spacial score (nSPS) is 13.0. The maximum absolute atomic E-state index is 12.1. The molecule has 0 aliphatic carbocycles. The van der Waals surface area contributed by atoms with E-state index in [4.69, 9.17) is 16.3 Å². The molecule has 1 aromatic carbocycles. The third-order valence-electron chi connectivity index (χ3n) is 2.94. The fraction of sp³-hybridized carbons (Fsp3) is 0.214. The number of halogens is 1. The Kier molecular flexibility index (Phi) is 5.30. The number of methoxy groups -OCH3 is 1. The standard InChI is InChI=1S/C14H15ClN2O3S/c1-20-14(12-6-2-3-7-13(12)15)10-17-21(18,19)11-5-4-8-16-9-11/h2-9,14,17H,10H2,1H3/t14-/m0/s1. The minimum atomic E-state index is -3.62. The molecule has 0 aliphatic rings. The van der Waals surface area contributed by atoms with Gasteiger partial charge in [-0.1, -0.05) is 29.8 Å². The average molecular weight is 327 g/mol. The number of ether oxygens (including phenoxy) is 1. The van der Waals surface area contributed by atoms with Crippen LogP contribution in [-0.4, -0.2) is 27.1 Å². The number of hydrogen-bond donors (Lipinski definition) is 1. The Morgan fingerprint density at radius 1 is 1.29 bits per heavy atom. The zero-order chi connectivity index (χ0) is 15.3. The molecule has 0 fully saturated rings. The summed E-state index contributed by atoms with van der Waals surface area (Å²) < 4.78 is 32.1. The number of nitrogens with one attached hydrogen (secondary N) is 1. The predicted octanol–water partition coefficient (Wildman–Crippen LogP) is 2.40. The summed E-state index contributed by atoms with van der Waals surface area (Å²) in [7, 11) is -2.12. The Labute approximate surface area is 129 Å². The van der Waals surface area contributed by atoms with Crippen LogP contribution >= 0.6 is 11.6 Å². The van der Waals surface area contributed by atoms with Crippen molar-refractivity contribution >= 4 is 21.6 Å². The molecule has 1 heterocycles. The summed E-state index contributed by atoms with van der Waals surface area (Å²) in [5.74, 6) is 0. The van der Waals surface area contributed by atoms with Crippen molar-refractivity contribution in [1.82, 2.24) is 9.71 Å². The number of aromatic nitrogens is 1. The molecule has 0 saturated carbocycles. The van der Waals surface area contributed by atoms with E-state index in [1.165, 1.54) is 25.6 Å². The van der Waals surface area contributed by atoms with Gasteiger partial charge in [-0.25, -0.2) is 13.1 Å². The first-order valence-corrected chi connectivity index (χ1v) is 8.07. The molecular formula is C14H15ClN2O3S. The highest BCUT2D eigenvalue weighted by molar-refractivity contribution is 7.89. The van der Waals surface area contributed by atoms with Gasteiger partial charge in [0.1, 0.15) is 4.90 Å². The highest BCUT2D eigenvalue weighted by Crippen LogP contribution is 2.24. The molecule has 0 radical (unpaired) electrons. The van der Waals surface area contributed by atoms with E-state index in [0.717, 1.165) is 5.56 Å².